The Balaban J connectivity index is 0.000000574. The van der Waals surface area contributed by atoms with Crippen molar-refractivity contribution in [2.24, 2.45) is 5.41 Å². The predicted molar refractivity (Wildman–Crippen MR) is 78.5 cm³/mol. The Morgan fingerprint density at radius 3 is 2.56 bits per heavy atom. The van der Waals surface area contributed by atoms with Gasteiger partial charge in [-0.15, -0.1) is 0 Å². The lowest BCUT2D eigenvalue weighted by Gasteiger charge is -2.43. The summed E-state index contributed by atoms with van der Waals surface area (Å²) in [5.74, 6) is 0. The van der Waals surface area contributed by atoms with Gasteiger partial charge >= 0.3 is 0 Å². The second-order valence-corrected chi connectivity index (χ2v) is 5.59. The van der Waals surface area contributed by atoms with E-state index in [4.69, 9.17) is 7.85 Å². The zero-order valence-electron chi connectivity index (χ0n) is 11.8. The van der Waals surface area contributed by atoms with Crippen molar-refractivity contribution in [2.75, 3.05) is 0 Å². The summed E-state index contributed by atoms with van der Waals surface area (Å²) in [6.07, 6.45) is 4.36. The highest BCUT2D eigenvalue weighted by atomic mass is 15.1. The average molecular weight is 240 g/mol. The van der Waals surface area contributed by atoms with Gasteiger partial charge in [0.05, 0.1) is 17.4 Å². The molecule has 1 fully saturated rings. The molecule has 0 aliphatic heterocycles. The van der Waals surface area contributed by atoms with Crippen LogP contribution in [0.1, 0.15) is 46.6 Å². The fourth-order valence-electron chi connectivity index (χ4n) is 2.81. The van der Waals surface area contributed by atoms with Crippen molar-refractivity contribution in [1.82, 2.24) is 9.55 Å². The fraction of sp³-hybridized carbons (Fsp3) is 0.533. The fourth-order valence-corrected chi connectivity index (χ4v) is 2.81. The lowest BCUT2D eigenvalue weighted by molar-refractivity contribution is 0.107. The monoisotopic (exact) mass is 240 g/mol. The molecule has 0 spiro atoms. The van der Waals surface area contributed by atoms with Crippen LogP contribution in [0.25, 0.3) is 11.0 Å². The van der Waals surface area contributed by atoms with Crippen molar-refractivity contribution in [3.8, 4) is 0 Å². The Labute approximate surface area is 111 Å². The number of rotatable bonds is 1. The number of nitrogens with zero attached hydrogens (tertiary/aromatic N) is 2. The van der Waals surface area contributed by atoms with Gasteiger partial charge in [0.2, 0.25) is 0 Å². The third-order valence-corrected chi connectivity index (χ3v) is 3.60. The smallest absolute Gasteiger partial charge is 0.116 e. The molecule has 0 amide bonds. The Bertz CT molecular complexity index is 534. The minimum Gasteiger partial charge on any atom is -0.328 e. The summed E-state index contributed by atoms with van der Waals surface area (Å²) in [7, 11) is 6.02. The molecule has 2 aromatic rings. The standard InChI is InChI=1S/C13H15BN2.C2H6/c1-13(2)6-9(7-13)16-8-15-11-5-3-4-10(14)12(11)16;1-2/h3-5,8-9H,6-7H2,1-2H3;1-2H3. The van der Waals surface area contributed by atoms with Crippen LogP contribution >= 0.6 is 0 Å². The Morgan fingerprint density at radius 1 is 1.28 bits per heavy atom. The van der Waals surface area contributed by atoms with Crippen LogP contribution in [0, 0.1) is 5.41 Å². The van der Waals surface area contributed by atoms with Gasteiger partial charge in [-0.2, -0.15) is 0 Å². The van der Waals surface area contributed by atoms with E-state index in [0.717, 1.165) is 16.5 Å². The first-order valence-corrected chi connectivity index (χ1v) is 6.78. The SMILES string of the molecule is CC.[B]c1cccc2ncn(C3CC(C)(C)C3)c12. The van der Waals surface area contributed by atoms with Gasteiger partial charge in [0.1, 0.15) is 7.85 Å². The summed E-state index contributed by atoms with van der Waals surface area (Å²) in [6.45, 7) is 8.62. The Morgan fingerprint density at radius 2 is 1.94 bits per heavy atom. The molecule has 1 aromatic carbocycles. The normalized spacial score (nSPS) is 18.0. The van der Waals surface area contributed by atoms with Gasteiger partial charge in [-0.3, -0.25) is 0 Å². The van der Waals surface area contributed by atoms with Gasteiger partial charge in [0.15, 0.2) is 0 Å². The molecule has 2 radical (unpaired) electrons. The zero-order chi connectivity index (χ0) is 13.3. The maximum Gasteiger partial charge on any atom is 0.116 e. The molecule has 2 nitrogen and oxygen atoms in total. The van der Waals surface area contributed by atoms with E-state index in [0.29, 0.717) is 11.5 Å². The molecular formula is C15H21BN2. The molecule has 1 aliphatic carbocycles. The van der Waals surface area contributed by atoms with E-state index < -0.39 is 0 Å². The highest BCUT2D eigenvalue weighted by Gasteiger charge is 2.37. The Hall–Kier alpha value is -1.25. The summed E-state index contributed by atoms with van der Waals surface area (Å²) in [5, 5.41) is 0. The van der Waals surface area contributed by atoms with Crippen molar-refractivity contribution in [3.63, 3.8) is 0 Å². The van der Waals surface area contributed by atoms with E-state index in [2.05, 4.69) is 23.4 Å². The largest absolute Gasteiger partial charge is 0.328 e. The predicted octanol–water partition coefficient (Wildman–Crippen LogP) is 3.22. The number of fused-ring (bicyclic) bond motifs is 1. The molecule has 94 valence electrons. The minimum atomic E-state index is 0.477. The highest BCUT2D eigenvalue weighted by molar-refractivity contribution is 6.38. The quantitative estimate of drug-likeness (QED) is 0.700. The summed E-state index contributed by atoms with van der Waals surface area (Å²) < 4.78 is 2.25. The number of para-hydroxylation sites is 1. The molecule has 0 unspecified atom stereocenters. The van der Waals surface area contributed by atoms with Gasteiger partial charge in [-0.05, 0) is 24.3 Å². The molecule has 1 aromatic heterocycles. The van der Waals surface area contributed by atoms with Crippen LogP contribution in [0.5, 0.6) is 0 Å². The first kappa shape index (κ1) is 13.2. The molecule has 18 heavy (non-hydrogen) atoms. The summed E-state index contributed by atoms with van der Waals surface area (Å²) in [5.41, 5.74) is 3.41. The number of benzene rings is 1. The van der Waals surface area contributed by atoms with Gasteiger partial charge in [-0.25, -0.2) is 4.98 Å². The van der Waals surface area contributed by atoms with Crippen LogP contribution in [-0.4, -0.2) is 17.4 Å². The van der Waals surface area contributed by atoms with Crippen LogP contribution in [0.4, 0.5) is 0 Å². The van der Waals surface area contributed by atoms with Crippen molar-refractivity contribution in [3.05, 3.63) is 24.5 Å². The van der Waals surface area contributed by atoms with Crippen molar-refractivity contribution in [2.45, 2.75) is 46.6 Å². The van der Waals surface area contributed by atoms with Gasteiger partial charge in [0.25, 0.3) is 0 Å². The van der Waals surface area contributed by atoms with Crippen LogP contribution in [0.15, 0.2) is 24.5 Å². The van der Waals surface area contributed by atoms with Crippen LogP contribution in [0.2, 0.25) is 0 Å². The number of hydrogen-bond donors (Lipinski definition) is 0. The second kappa shape index (κ2) is 4.79. The third-order valence-electron chi connectivity index (χ3n) is 3.60. The molecular weight excluding hydrogens is 219 g/mol. The number of imidazole rings is 1. The molecule has 0 N–H and O–H groups in total. The molecule has 3 heteroatoms. The second-order valence-electron chi connectivity index (χ2n) is 5.59. The number of aromatic nitrogens is 2. The van der Waals surface area contributed by atoms with Gasteiger partial charge in [-0.1, -0.05) is 45.3 Å². The van der Waals surface area contributed by atoms with E-state index in [9.17, 15) is 0 Å². The minimum absolute atomic E-state index is 0.477. The highest BCUT2D eigenvalue weighted by Crippen LogP contribution is 2.48. The number of hydrogen-bond acceptors (Lipinski definition) is 1. The molecule has 0 bridgehead atoms. The maximum atomic E-state index is 6.02. The Kier molecular flexibility index (Phi) is 3.51. The molecule has 0 atom stereocenters. The topological polar surface area (TPSA) is 17.8 Å². The lowest BCUT2D eigenvalue weighted by Crippen LogP contribution is -2.34. The van der Waals surface area contributed by atoms with Crippen LogP contribution < -0.4 is 5.46 Å². The molecule has 1 aliphatic rings. The summed E-state index contributed by atoms with van der Waals surface area (Å²) in [6, 6.07) is 6.50. The summed E-state index contributed by atoms with van der Waals surface area (Å²) >= 11 is 0. The third kappa shape index (κ3) is 2.18. The zero-order valence-corrected chi connectivity index (χ0v) is 11.8. The van der Waals surface area contributed by atoms with E-state index in [1.54, 1.807) is 0 Å². The van der Waals surface area contributed by atoms with E-state index in [-0.39, 0.29) is 0 Å². The average Bonchev–Trinajstić information content (AvgIpc) is 2.73. The van der Waals surface area contributed by atoms with E-state index >= 15 is 0 Å². The molecule has 1 saturated carbocycles. The molecule has 1 heterocycles. The first-order valence-electron chi connectivity index (χ1n) is 6.78. The van der Waals surface area contributed by atoms with E-state index in [1.165, 1.54) is 12.8 Å². The molecule has 0 saturated heterocycles. The van der Waals surface area contributed by atoms with Gasteiger partial charge < -0.3 is 4.57 Å². The lowest BCUT2D eigenvalue weighted by atomic mass is 9.68. The van der Waals surface area contributed by atoms with Crippen LogP contribution in [0.3, 0.4) is 0 Å². The van der Waals surface area contributed by atoms with Gasteiger partial charge in [0, 0.05) is 6.04 Å². The molecule has 3 rings (SSSR count). The summed E-state index contributed by atoms with van der Waals surface area (Å²) in [4.78, 5) is 4.41. The van der Waals surface area contributed by atoms with Crippen LogP contribution in [-0.2, 0) is 0 Å². The maximum absolute atomic E-state index is 6.02. The van der Waals surface area contributed by atoms with E-state index in [1.807, 2.05) is 38.4 Å². The first-order chi connectivity index (χ1) is 8.57. The van der Waals surface area contributed by atoms with Crippen molar-refractivity contribution >= 4 is 24.3 Å². The van der Waals surface area contributed by atoms with Crippen molar-refractivity contribution < 1.29 is 0 Å². The van der Waals surface area contributed by atoms with Crippen molar-refractivity contribution in [1.29, 1.82) is 0 Å².